The van der Waals surface area contributed by atoms with Crippen LogP contribution in [-0.4, -0.2) is 78.1 Å². The molecule has 21 heavy (non-hydrogen) atoms. The number of rotatable bonds is 9. The van der Waals surface area contributed by atoms with Crippen molar-refractivity contribution >= 4 is 29.9 Å². The summed E-state index contributed by atoms with van der Waals surface area (Å²) in [4.78, 5) is 6.53. The van der Waals surface area contributed by atoms with Crippen LogP contribution in [0, 0.1) is 5.41 Å². The van der Waals surface area contributed by atoms with Crippen LogP contribution >= 0.6 is 24.0 Å². The number of hydrogen-bond acceptors (Lipinski definition) is 4. The van der Waals surface area contributed by atoms with Crippen LogP contribution < -0.4 is 10.6 Å². The van der Waals surface area contributed by atoms with Gasteiger partial charge in [-0.1, -0.05) is 6.92 Å². The molecule has 1 saturated heterocycles. The molecule has 1 aliphatic rings. The van der Waals surface area contributed by atoms with Crippen LogP contribution in [0.3, 0.4) is 0 Å². The van der Waals surface area contributed by atoms with Crippen LogP contribution in [0.25, 0.3) is 0 Å². The van der Waals surface area contributed by atoms with Crippen LogP contribution in [-0.2, 0) is 9.47 Å². The monoisotopic (exact) mass is 414 g/mol. The lowest BCUT2D eigenvalue weighted by Crippen LogP contribution is -2.51. The molecule has 1 heterocycles. The quantitative estimate of drug-likeness (QED) is 0.253. The Morgan fingerprint density at radius 3 is 2.57 bits per heavy atom. The molecule has 126 valence electrons. The van der Waals surface area contributed by atoms with Crippen LogP contribution in [0.1, 0.15) is 13.3 Å². The number of likely N-dealkylation sites (N-methyl/N-ethyl adjacent to an activating group) is 1. The summed E-state index contributed by atoms with van der Waals surface area (Å²) in [6.07, 6.45) is 1.07. The van der Waals surface area contributed by atoms with Gasteiger partial charge in [0.15, 0.2) is 5.96 Å². The van der Waals surface area contributed by atoms with Crippen molar-refractivity contribution in [3.05, 3.63) is 0 Å². The highest BCUT2D eigenvalue weighted by atomic mass is 127. The average molecular weight is 414 g/mol. The van der Waals surface area contributed by atoms with E-state index in [4.69, 9.17) is 9.47 Å². The van der Waals surface area contributed by atoms with Crippen molar-refractivity contribution in [2.45, 2.75) is 13.3 Å². The second-order valence-corrected chi connectivity index (χ2v) is 5.81. The molecular weight excluding hydrogens is 383 g/mol. The van der Waals surface area contributed by atoms with E-state index in [-0.39, 0.29) is 29.4 Å². The number of halogens is 1. The van der Waals surface area contributed by atoms with E-state index in [1.54, 1.807) is 14.2 Å². The third-order valence-corrected chi connectivity index (χ3v) is 3.48. The van der Waals surface area contributed by atoms with Gasteiger partial charge in [-0.05, 0) is 13.5 Å². The molecule has 2 N–H and O–H groups in total. The second-order valence-electron chi connectivity index (χ2n) is 5.81. The van der Waals surface area contributed by atoms with Crippen molar-refractivity contribution in [3.63, 3.8) is 0 Å². The molecular formula is C14H31IN4O2. The lowest BCUT2D eigenvalue weighted by atomic mass is 9.89. The highest BCUT2D eigenvalue weighted by molar-refractivity contribution is 14.0. The second kappa shape index (κ2) is 11.4. The highest BCUT2D eigenvalue weighted by Crippen LogP contribution is 2.24. The largest absolute Gasteiger partial charge is 0.385 e. The molecule has 7 heteroatoms. The van der Waals surface area contributed by atoms with Gasteiger partial charge in [0.05, 0.1) is 13.2 Å². The Labute approximate surface area is 146 Å². The van der Waals surface area contributed by atoms with Gasteiger partial charge < -0.3 is 25.0 Å². The van der Waals surface area contributed by atoms with Crippen molar-refractivity contribution < 1.29 is 9.47 Å². The topological polar surface area (TPSA) is 58.1 Å². The Morgan fingerprint density at radius 2 is 2.05 bits per heavy atom. The molecule has 0 aromatic rings. The average Bonchev–Trinajstić information content (AvgIpc) is 2.40. The summed E-state index contributed by atoms with van der Waals surface area (Å²) in [6.45, 7) is 8.54. The van der Waals surface area contributed by atoms with E-state index in [2.05, 4.69) is 34.5 Å². The van der Waals surface area contributed by atoms with E-state index in [1.165, 1.54) is 0 Å². The van der Waals surface area contributed by atoms with Crippen molar-refractivity contribution in [3.8, 4) is 0 Å². The molecule has 0 atom stereocenters. The van der Waals surface area contributed by atoms with E-state index in [0.717, 1.165) is 58.4 Å². The maximum atomic E-state index is 5.25. The summed E-state index contributed by atoms with van der Waals surface area (Å²) >= 11 is 0. The summed E-state index contributed by atoms with van der Waals surface area (Å²) in [5.74, 6) is 0.864. The normalized spacial score (nSPS) is 17.1. The smallest absolute Gasteiger partial charge is 0.191 e. The third kappa shape index (κ3) is 8.80. The summed E-state index contributed by atoms with van der Waals surface area (Å²) in [5.41, 5.74) is 0.258. The maximum absolute atomic E-state index is 5.25. The van der Waals surface area contributed by atoms with Crippen molar-refractivity contribution in [1.82, 2.24) is 15.5 Å². The number of nitrogens with zero attached hydrogens (tertiary/aromatic N) is 2. The number of aliphatic imine (C=N–C) groups is 1. The first-order chi connectivity index (χ1) is 9.59. The zero-order valence-corrected chi connectivity index (χ0v) is 16.1. The lowest BCUT2D eigenvalue weighted by molar-refractivity contribution is -0.0971. The fourth-order valence-corrected chi connectivity index (χ4v) is 2.03. The number of methoxy groups -OCH3 is 1. The van der Waals surface area contributed by atoms with Crippen LogP contribution in [0.4, 0.5) is 0 Å². The molecule has 0 radical (unpaired) electrons. The Morgan fingerprint density at radius 1 is 1.33 bits per heavy atom. The Bertz CT molecular complexity index is 299. The zero-order valence-electron chi connectivity index (χ0n) is 13.8. The molecule has 1 aliphatic heterocycles. The minimum atomic E-state index is 0. The van der Waals surface area contributed by atoms with Gasteiger partial charge in [0.1, 0.15) is 0 Å². The summed E-state index contributed by atoms with van der Waals surface area (Å²) < 4.78 is 10.3. The third-order valence-electron chi connectivity index (χ3n) is 3.48. The van der Waals surface area contributed by atoms with Crippen molar-refractivity contribution in [1.29, 1.82) is 0 Å². The Balaban J connectivity index is 0.00000400. The lowest BCUT2D eigenvalue weighted by Gasteiger charge is -2.38. The first-order valence-corrected chi connectivity index (χ1v) is 7.29. The van der Waals surface area contributed by atoms with E-state index in [1.807, 2.05) is 0 Å². The molecule has 0 saturated carbocycles. The molecule has 0 unspecified atom stereocenters. The van der Waals surface area contributed by atoms with Gasteiger partial charge in [0, 0.05) is 52.4 Å². The number of ether oxygens (including phenoxy) is 2. The predicted octanol–water partition coefficient (Wildman–Crippen LogP) is 0.774. The summed E-state index contributed by atoms with van der Waals surface area (Å²) in [5, 5.41) is 6.69. The van der Waals surface area contributed by atoms with Crippen LogP contribution in [0.2, 0.25) is 0 Å². The Kier molecular flexibility index (Phi) is 11.4. The summed E-state index contributed by atoms with van der Waals surface area (Å²) in [7, 11) is 5.67. The van der Waals surface area contributed by atoms with Crippen LogP contribution in [0.5, 0.6) is 0 Å². The fourth-order valence-electron chi connectivity index (χ4n) is 2.03. The van der Waals surface area contributed by atoms with Gasteiger partial charge in [-0.25, -0.2) is 0 Å². The van der Waals surface area contributed by atoms with Gasteiger partial charge in [0.25, 0.3) is 0 Å². The fraction of sp³-hybridized carbons (Fsp3) is 0.929. The van der Waals surface area contributed by atoms with E-state index < -0.39 is 0 Å². The Hall–Kier alpha value is -0.120. The minimum absolute atomic E-state index is 0. The summed E-state index contributed by atoms with van der Waals surface area (Å²) in [6, 6.07) is 0. The van der Waals surface area contributed by atoms with Gasteiger partial charge in [-0.3, -0.25) is 4.99 Å². The highest BCUT2D eigenvalue weighted by Gasteiger charge is 2.33. The van der Waals surface area contributed by atoms with Gasteiger partial charge in [0.2, 0.25) is 0 Å². The molecule has 0 aliphatic carbocycles. The van der Waals surface area contributed by atoms with Gasteiger partial charge in [-0.2, -0.15) is 0 Å². The van der Waals surface area contributed by atoms with E-state index in [9.17, 15) is 0 Å². The molecule has 1 rings (SSSR count). The van der Waals surface area contributed by atoms with Gasteiger partial charge >= 0.3 is 0 Å². The van der Waals surface area contributed by atoms with E-state index >= 15 is 0 Å². The first kappa shape index (κ1) is 20.9. The van der Waals surface area contributed by atoms with Crippen molar-refractivity contribution in [2.24, 2.45) is 10.4 Å². The molecule has 0 bridgehead atoms. The zero-order chi connectivity index (χ0) is 14.8. The molecule has 0 aromatic heterocycles. The number of hydrogen-bond donors (Lipinski definition) is 2. The SMILES string of the molecule is CN=C(NCCN(C)CCCOC)NCC1(C)COC1.I. The van der Waals surface area contributed by atoms with Gasteiger partial charge in [-0.15, -0.1) is 24.0 Å². The standard InChI is InChI=1S/C14H30N4O2.HI/c1-14(11-20-12-14)10-17-13(15-2)16-6-8-18(3)7-5-9-19-4;/h5-12H2,1-4H3,(H2,15,16,17);1H. The maximum Gasteiger partial charge on any atom is 0.191 e. The van der Waals surface area contributed by atoms with Crippen LogP contribution in [0.15, 0.2) is 4.99 Å². The molecule has 1 fully saturated rings. The molecule has 0 amide bonds. The molecule has 6 nitrogen and oxygen atoms in total. The molecule has 0 spiro atoms. The minimum Gasteiger partial charge on any atom is -0.385 e. The van der Waals surface area contributed by atoms with E-state index in [0.29, 0.717) is 0 Å². The number of guanidine groups is 1. The van der Waals surface area contributed by atoms with Crippen molar-refractivity contribution in [2.75, 3.05) is 67.2 Å². The first-order valence-electron chi connectivity index (χ1n) is 7.29. The predicted molar refractivity (Wildman–Crippen MR) is 97.7 cm³/mol. The number of nitrogens with one attached hydrogen (secondary N) is 2. The molecule has 0 aromatic carbocycles.